The van der Waals surface area contributed by atoms with Crippen LogP contribution in [0.15, 0.2) is 60.7 Å². The van der Waals surface area contributed by atoms with E-state index in [4.69, 9.17) is 5.11 Å². The van der Waals surface area contributed by atoms with E-state index in [0.29, 0.717) is 19.5 Å². The van der Waals surface area contributed by atoms with Crippen molar-refractivity contribution in [3.63, 3.8) is 0 Å². The molecule has 30 heavy (non-hydrogen) atoms. The van der Waals surface area contributed by atoms with Crippen molar-refractivity contribution in [3.05, 3.63) is 82.9 Å². The molecule has 0 unspecified atom stereocenters. The zero-order chi connectivity index (χ0) is 21.6. The number of aliphatic hydroxyl groups excluding tert-OH is 1. The summed E-state index contributed by atoms with van der Waals surface area (Å²) in [6.45, 7) is 1.89. The van der Waals surface area contributed by atoms with Gasteiger partial charge in [-0.3, -0.25) is 4.79 Å². The number of carbonyl (C=O) groups excluding carboxylic acids is 1. The topological polar surface area (TPSA) is 74.7 Å². The summed E-state index contributed by atoms with van der Waals surface area (Å²) in [6.07, 6.45) is 6.74. The van der Waals surface area contributed by atoms with Crippen LogP contribution >= 0.6 is 0 Å². The zero-order valence-electron chi connectivity index (χ0n) is 17.1. The molecule has 2 aromatic carbocycles. The van der Waals surface area contributed by atoms with Gasteiger partial charge in [0.2, 0.25) is 10.0 Å². The lowest BCUT2D eigenvalue weighted by atomic mass is 10.0. The van der Waals surface area contributed by atoms with E-state index in [9.17, 15) is 13.2 Å². The van der Waals surface area contributed by atoms with E-state index in [-0.39, 0.29) is 11.5 Å². The molecular weight excluding hydrogens is 398 g/mol. The molecule has 0 aliphatic heterocycles. The molecule has 0 spiro atoms. The maximum atomic E-state index is 12.7. The van der Waals surface area contributed by atoms with Crippen LogP contribution in [-0.2, 0) is 27.8 Å². The summed E-state index contributed by atoms with van der Waals surface area (Å²) in [5.74, 6) is -0.297. The molecule has 0 saturated carbocycles. The summed E-state index contributed by atoms with van der Waals surface area (Å²) < 4.78 is 26.9. The molecule has 3 rings (SSSR count). The molecule has 0 atom stereocenters. The lowest BCUT2D eigenvalue weighted by Crippen LogP contribution is -2.33. The van der Waals surface area contributed by atoms with E-state index in [2.05, 4.69) is 18.2 Å². The van der Waals surface area contributed by atoms with Gasteiger partial charge in [-0.15, -0.1) is 0 Å². The van der Waals surface area contributed by atoms with Crippen LogP contribution in [0.3, 0.4) is 0 Å². The molecular formula is C24H27NO4S. The molecule has 5 nitrogen and oxygen atoms in total. The first-order valence-electron chi connectivity index (χ1n) is 10.1. The van der Waals surface area contributed by atoms with Gasteiger partial charge in [0.15, 0.2) is 5.78 Å². The van der Waals surface area contributed by atoms with Crippen LogP contribution in [0.25, 0.3) is 11.6 Å². The van der Waals surface area contributed by atoms with Crippen molar-refractivity contribution < 1.29 is 18.3 Å². The van der Waals surface area contributed by atoms with E-state index >= 15 is 0 Å². The zero-order valence-corrected chi connectivity index (χ0v) is 17.9. The van der Waals surface area contributed by atoms with Gasteiger partial charge in [-0.05, 0) is 53.7 Å². The highest BCUT2D eigenvalue weighted by molar-refractivity contribution is 7.89. The van der Waals surface area contributed by atoms with Crippen LogP contribution in [0.2, 0.25) is 0 Å². The number of allylic oxidation sites excluding steroid dienone is 1. The second-order valence-corrected chi connectivity index (χ2v) is 9.53. The third-order valence-corrected chi connectivity index (χ3v) is 7.10. The summed E-state index contributed by atoms with van der Waals surface area (Å²) in [4.78, 5) is 11.2. The van der Waals surface area contributed by atoms with Crippen LogP contribution in [0.5, 0.6) is 0 Å². The van der Waals surface area contributed by atoms with Crippen LogP contribution < -0.4 is 0 Å². The second-order valence-electron chi connectivity index (χ2n) is 7.27. The van der Waals surface area contributed by atoms with Crippen molar-refractivity contribution in [1.29, 1.82) is 0 Å². The minimum Gasteiger partial charge on any atom is -0.388 e. The maximum absolute atomic E-state index is 12.7. The van der Waals surface area contributed by atoms with E-state index in [1.165, 1.54) is 22.8 Å². The molecule has 2 aromatic rings. The molecule has 158 valence electrons. The average Bonchev–Trinajstić information content (AvgIpc) is 3.18. The largest absolute Gasteiger partial charge is 0.388 e. The highest BCUT2D eigenvalue weighted by Crippen LogP contribution is 2.30. The van der Waals surface area contributed by atoms with Crippen LogP contribution in [-0.4, -0.2) is 42.5 Å². The van der Waals surface area contributed by atoms with E-state index in [0.717, 1.165) is 17.5 Å². The van der Waals surface area contributed by atoms with Gasteiger partial charge in [0.1, 0.15) is 6.61 Å². The van der Waals surface area contributed by atoms with Crippen LogP contribution in [0, 0.1) is 0 Å². The molecule has 0 aromatic heterocycles. The number of sulfonamides is 1. The van der Waals surface area contributed by atoms with Crippen molar-refractivity contribution in [3.8, 4) is 0 Å². The van der Waals surface area contributed by atoms with Crippen molar-refractivity contribution >= 4 is 27.5 Å². The number of nitrogens with zero attached hydrogens (tertiary/aromatic N) is 1. The van der Waals surface area contributed by atoms with Crippen molar-refractivity contribution in [2.24, 2.45) is 0 Å². The minimum atomic E-state index is -3.34. The second kappa shape index (κ2) is 9.98. The van der Waals surface area contributed by atoms with Gasteiger partial charge in [0, 0.05) is 13.1 Å². The fourth-order valence-corrected chi connectivity index (χ4v) is 4.60. The first-order valence-corrected chi connectivity index (χ1v) is 11.7. The SMILES string of the molecule is CCS(=O)(=O)N(CCC1=CCc2ccccc21)Cc1ccc(/C=C/C(=O)CO)cc1. The first kappa shape index (κ1) is 22.2. The lowest BCUT2D eigenvalue weighted by Gasteiger charge is -2.22. The van der Waals surface area contributed by atoms with Gasteiger partial charge < -0.3 is 5.11 Å². The number of aliphatic hydroxyl groups is 1. The molecule has 0 bridgehead atoms. The molecule has 6 heteroatoms. The van der Waals surface area contributed by atoms with Gasteiger partial charge in [-0.2, -0.15) is 4.31 Å². The Morgan fingerprint density at radius 1 is 1.13 bits per heavy atom. The van der Waals surface area contributed by atoms with Crippen molar-refractivity contribution in [2.75, 3.05) is 18.9 Å². The molecule has 1 aliphatic carbocycles. The quantitative estimate of drug-likeness (QED) is 0.592. The number of benzene rings is 2. The minimum absolute atomic E-state index is 0.0622. The normalized spacial score (nSPS) is 13.6. The Balaban J connectivity index is 1.69. The lowest BCUT2D eigenvalue weighted by molar-refractivity contribution is -0.117. The Bertz CT molecular complexity index is 1050. The summed E-state index contributed by atoms with van der Waals surface area (Å²) >= 11 is 0. The van der Waals surface area contributed by atoms with Gasteiger partial charge in [-0.1, -0.05) is 60.7 Å². The first-order chi connectivity index (χ1) is 14.4. The monoisotopic (exact) mass is 425 g/mol. The molecule has 0 saturated heterocycles. The fraction of sp³-hybridized carbons (Fsp3) is 0.292. The van der Waals surface area contributed by atoms with E-state index < -0.39 is 16.6 Å². The standard InChI is InChI=1S/C24H27NO4S/c1-2-30(28,29)25(16-15-22-13-12-21-5-3-4-6-24(21)22)17-20-9-7-19(8-10-20)11-14-23(27)18-26/h3-11,13-14,26H,2,12,15-18H2,1H3/b14-11+. The molecule has 0 heterocycles. The van der Waals surface area contributed by atoms with Gasteiger partial charge >= 0.3 is 0 Å². The summed E-state index contributed by atoms with van der Waals surface area (Å²) in [6, 6.07) is 15.7. The Labute approximate surface area is 178 Å². The molecule has 0 fully saturated rings. The number of carbonyl (C=O) groups is 1. The van der Waals surface area contributed by atoms with Crippen molar-refractivity contribution in [2.45, 2.75) is 26.3 Å². The fourth-order valence-electron chi connectivity index (χ4n) is 3.52. The number of fused-ring (bicyclic) bond motifs is 1. The van der Waals surface area contributed by atoms with Gasteiger partial charge in [0.05, 0.1) is 5.75 Å². The van der Waals surface area contributed by atoms with Gasteiger partial charge in [-0.25, -0.2) is 8.42 Å². The highest BCUT2D eigenvalue weighted by atomic mass is 32.2. The summed E-state index contributed by atoms with van der Waals surface area (Å²) in [5, 5.41) is 8.77. The highest BCUT2D eigenvalue weighted by Gasteiger charge is 2.22. The summed E-state index contributed by atoms with van der Waals surface area (Å²) in [5.41, 5.74) is 5.42. The molecule has 0 radical (unpaired) electrons. The predicted molar refractivity (Wildman–Crippen MR) is 120 cm³/mol. The summed E-state index contributed by atoms with van der Waals surface area (Å²) in [7, 11) is -3.34. The molecule has 0 amide bonds. The predicted octanol–water partition coefficient (Wildman–Crippen LogP) is 3.44. The van der Waals surface area contributed by atoms with Gasteiger partial charge in [0.25, 0.3) is 0 Å². The molecule has 1 aliphatic rings. The van der Waals surface area contributed by atoms with E-state index in [1.807, 2.05) is 36.4 Å². The Morgan fingerprint density at radius 3 is 2.57 bits per heavy atom. The third kappa shape index (κ3) is 5.53. The Morgan fingerprint density at radius 2 is 1.87 bits per heavy atom. The third-order valence-electron chi connectivity index (χ3n) is 5.28. The van der Waals surface area contributed by atoms with Crippen LogP contribution in [0.1, 0.15) is 35.6 Å². The van der Waals surface area contributed by atoms with E-state index in [1.54, 1.807) is 17.3 Å². The average molecular weight is 426 g/mol. The number of ketones is 1. The maximum Gasteiger partial charge on any atom is 0.214 e. The number of hydrogen-bond acceptors (Lipinski definition) is 4. The van der Waals surface area contributed by atoms with Crippen LogP contribution in [0.4, 0.5) is 0 Å². The number of rotatable bonds is 10. The smallest absolute Gasteiger partial charge is 0.214 e. The van der Waals surface area contributed by atoms with Crippen molar-refractivity contribution in [1.82, 2.24) is 4.31 Å². The Kier molecular flexibility index (Phi) is 7.37. The Hall–Kier alpha value is -2.54. The molecule has 1 N–H and O–H groups in total. The number of hydrogen-bond donors (Lipinski definition) is 1.